The normalized spacial score (nSPS) is 12.2. The average molecular weight is 495 g/mol. The van der Waals surface area contributed by atoms with Crippen LogP contribution in [0.5, 0.6) is 0 Å². The number of hydrogen-bond donors (Lipinski definition) is 2. The van der Waals surface area contributed by atoms with Crippen molar-refractivity contribution >= 4 is 29.6 Å². The number of carbonyl (C=O) groups excluding carboxylic acids is 3. The second-order valence-electron chi connectivity index (χ2n) is 7.86. The van der Waals surface area contributed by atoms with Crippen LogP contribution in [0, 0.1) is 0 Å². The Kier molecular flexibility index (Phi) is 9.69. The number of alkyl carbamates (subject to hydrolysis) is 1. The zero-order chi connectivity index (χ0) is 25.0. The second-order valence-corrected chi connectivity index (χ2v) is 8.30. The molecule has 2 N–H and O–H groups in total. The number of rotatable bonds is 10. The first kappa shape index (κ1) is 25.8. The van der Waals surface area contributed by atoms with E-state index in [1.807, 2.05) is 60.7 Å². The van der Waals surface area contributed by atoms with E-state index in [2.05, 4.69) is 10.6 Å². The van der Waals surface area contributed by atoms with Gasteiger partial charge in [-0.05, 0) is 28.8 Å². The largest absolute Gasteiger partial charge is 0.467 e. The molecule has 2 amide bonds. The average Bonchev–Trinajstić information content (AvgIpc) is 2.88. The number of esters is 1. The molecule has 0 bridgehead atoms. The fourth-order valence-corrected chi connectivity index (χ4v) is 3.56. The van der Waals surface area contributed by atoms with E-state index in [9.17, 15) is 14.4 Å². The summed E-state index contributed by atoms with van der Waals surface area (Å²) < 4.78 is 10.2. The topological polar surface area (TPSA) is 93.7 Å². The van der Waals surface area contributed by atoms with Crippen LogP contribution in [0.2, 0.25) is 5.02 Å². The van der Waals surface area contributed by atoms with E-state index in [1.165, 1.54) is 7.11 Å². The van der Waals surface area contributed by atoms with E-state index in [4.69, 9.17) is 21.1 Å². The lowest BCUT2D eigenvalue weighted by molar-refractivity contribution is -0.145. The van der Waals surface area contributed by atoms with E-state index >= 15 is 0 Å². The van der Waals surface area contributed by atoms with Crippen LogP contribution in [-0.4, -0.2) is 37.2 Å². The highest BCUT2D eigenvalue weighted by molar-refractivity contribution is 6.30. The van der Waals surface area contributed by atoms with E-state index in [-0.39, 0.29) is 19.4 Å². The molecule has 8 heteroatoms. The molecule has 0 aromatic heterocycles. The van der Waals surface area contributed by atoms with E-state index in [0.29, 0.717) is 5.02 Å². The van der Waals surface area contributed by atoms with Crippen molar-refractivity contribution < 1.29 is 23.9 Å². The summed E-state index contributed by atoms with van der Waals surface area (Å²) in [6, 6.07) is 23.5. The van der Waals surface area contributed by atoms with Crippen molar-refractivity contribution in [3.8, 4) is 0 Å². The minimum absolute atomic E-state index is 0.0632. The Morgan fingerprint density at radius 2 is 1.29 bits per heavy atom. The standard InChI is InChI=1S/C27H27ClN2O5/c1-34-26(32)24(17-20-12-14-22(28)15-13-20)29-25(31)23(16-19-8-4-2-5-9-19)30-27(33)35-18-21-10-6-3-7-11-21/h2-15,23-24H,16-18H2,1H3,(H,29,31)(H,30,33)/t23-,24-/m1/s1. The van der Waals surface area contributed by atoms with Gasteiger partial charge >= 0.3 is 12.1 Å². The minimum Gasteiger partial charge on any atom is -0.467 e. The molecule has 7 nitrogen and oxygen atoms in total. The molecule has 0 fully saturated rings. The van der Waals surface area contributed by atoms with Crippen LogP contribution in [0.4, 0.5) is 4.79 Å². The van der Waals surface area contributed by atoms with Gasteiger partial charge in [-0.25, -0.2) is 9.59 Å². The van der Waals surface area contributed by atoms with Gasteiger partial charge in [0.1, 0.15) is 18.7 Å². The van der Waals surface area contributed by atoms with Gasteiger partial charge in [-0.15, -0.1) is 0 Å². The molecule has 0 saturated heterocycles. The summed E-state index contributed by atoms with van der Waals surface area (Å²) in [6.07, 6.45) is -0.328. The van der Waals surface area contributed by atoms with Gasteiger partial charge in [-0.2, -0.15) is 0 Å². The van der Waals surface area contributed by atoms with Crippen molar-refractivity contribution in [2.75, 3.05) is 7.11 Å². The van der Waals surface area contributed by atoms with Crippen molar-refractivity contribution in [2.24, 2.45) is 0 Å². The fraction of sp³-hybridized carbons (Fsp3) is 0.222. The number of amides is 2. The molecular weight excluding hydrogens is 468 g/mol. The second kappa shape index (κ2) is 13.2. The van der Waals surface area contributed by atoms with Crippen LogP contribution >= 0.6 is 11.6 Å². The summed E-state index contributed by atoms with van der Waals surface area (Å²) in [5.74, 6) is -1.13. The van der Waals surface area contributed by atoms with Crippen molar-refractivity contribution in [2.45, 2.75) is 31.5 Å². The van der Waals surface area contributed by atoms with Crippen LogP contribution in [0.25, 0.3) is 0 Å². The zero-order valence-electron chi connectivity index (χ0n) is 19.3. The van der Waals surface area contributed by atoms with Gasteiger partial charge in [0.05, 0.1) is 7.11 Å². The third kappa shape index (κ3) is 8.46. The number of carbonyl (C=O) groups is 3. The number of hydrogen-bond acceptors (Lipinski definition) is 5. The number of methoxy groups -OCH3 is 1. The Morgan fingerprint density at radius 3 is 1.89 bits per heavy atom. The monoisotopic (exact) mass is 494 g/mol. The predicted octanol–water partition coefficient (Wildman–Crippen LogP) is 4.08. The molecule has 3 rings (SSSR count). The molecule has 3 aromatic carbocycles. The maximum atomic E-state index is 13.2. The van der Waals surface area contributed by atoms with Gasteiger partial charge in [0, 0.05) is 17.9 Å². The lowest BCUT2D eigenvalue weighted by atomic mass is 10.0. The van der Waals surface area contributed by atoms with Gasteiger partial charge in [0.15, 0.2) is 0 Å². The van der Waals surface area contributed by atoms with Crippen molar-refractivity contribution in [3.63, 3.8) is 0 Å². The first-order valence-electron chi connectivity index (χ1n) is 11.1. The predicted molar refractivity (Wildman–Crippen MR) is 133 cm³/mol. The molecule has 0 unspecified atom stereocenters. The summed E-state index contributed by atoms with van der Waals surface area (Å²) >= 11 is 5.94. The zero-order valence-corrected chi connectivity index (χ0v) is 20.0. The molecule has 2 atom stereocenters. The minimum atomic E-state index is -0.974. The van der Waals surface area contributed by atoms with Crippen LogP contribution in [0.1, 0.15) is 16.7 Å². The third-order valence-electron chi connectivity index (χ3n) is 5.26. The quantitative estimate of drug-likeness (QED) is 0.414. The molecule has 3 aromatic rings. The summed E-state index contributed by atoms with van der Waals surface area (Å²) in [5.41, 5.74) is 2.45. The highest BCUT2D eigenvalue weighted by Gasteiger charge is 2.28. The summed E-state index contributed by atoms with van der Waals surface area (Å²) in [6.45, 7) is 0.0632. The maximum absolute atomic E-state index is 13.2. The molecule has 35 heavy (non-hydrogen) atoms. The third-order valence-corrected chi connectivity index (χ3v) is 5.51. The highest BCUT2D eigenvalue weighted by atomic mass is 35.5. The van der Waals surface area contributed by atoms with Gasteiger partial charge in [0.25, 0.3) is 0 Å². The van der Waals surface area contributed by atoms with E-state index in [1.54, 1.807) is 24.3 Å². The van der Waals surface area contributed by atoms with Crippen LogP contribution in [-0.2, 0) is 38.5 Å². The summed E-state index contributed by atoms with van der Waals surface area (Å²) in [4.78, 5) is 38.1. The van der Waals surface area contributed by atoms with Crippen molar-refractivity contribution in [1.82, 2.24) is 10.6 Å². The van der Waals surface area contributed by atoms with E-state index < -0.39 is 30.1 Å². The van der Waals surface area contributed by atoms with Crippen molar-refractivity contribution in [1.29, 1.82) is 0 Å². The van der Waals surface area contributed by atoms with Crippen LogP contribution in [0.15, 0.2) is 84.9 Å². The van der Waals surface area contributed by atoms with E-state index in [0.717, 1.165) is 16.7 Å². The van der Waals surface area contributed by atoms with Crippen LogP contribution in [0.3, 0.4) is 0 Å². The fourth-order valence-electron chi connectivity index (χ4n) is 3.43. The summed E-state index contributed by atoms with van der Waals surface area (Å²) in [7, 11) is 1.25. The molecule has 182 valence electrons. The Morgan fingerprint density at radius 1 is 0.743 bits per heavy atom. The Balaban J connectivity index is 1.71. The molecule has 0 heterocycles. The first-order chi connectivity index (χ1) is 16.9. The molecule has 0 aliphatic heterocycles. The molecule has 0 aliphatic rings. The van der Waals surface area contributed by atoms with Crippen LogP contribution < -0.4 is 10.6 Å². The molecule has 0 radical (unpaired) electrons. The lowest BCUT2D eigenvalue weighted by Gasteiger charge is -2.22. The maximum Gasteiger partial charge on any atom is 0.408 e. The van der Waals surface area contributed by atoms with Gasteiger partial charge in [-0.3, -0.25) is 4.79 Å². The smallest absolute Gasteiger partial charge is 0.408 e. The number of benzene rings is 3. The first-order valence-corrected chi connectivity index (χ1v) is 11.5. The summed E-state index contributed by atoms with van der Waals surface area (Å²) in [5, 5.41) is 5.90. The molecule has 0 aliphatic carbocycles. The lowest BCUT2D eigenvalue weighted by Crippen LogP contribution is -2.53. The molecular formula is C27H27ClN2O5. The number of ether oxygens (including phenoxy) is 2. The van der Waals surface area contributed by atoms with Gasteiger partial charge in [0.2, 0.25) is 5.91 Å². The molecule has 0 spiro atoms. The van der Waals surface area contributed by atoms with Crippen molar-refractivity contribution in [3.05, 3.63) is 107 Å². The molecule has 0 saturated carbocycles. The van der Waals surface area contributed by atoms with Gasteiger partial charge in [-0.1, -0.05) is 84.4 Å². The SMILES string of the molecule is COC(=O)[C@@H](Cc1ccc(Cl)cc1)NC(=O)[C@@H](Cc1ccccc1)NC(=O)OCc1ccccc1. The highest BCUT2D eigenvalue weighted by Crippen LogP contribution is 2.12. The Bertz CT molecular complexity index is 1110. The Labute approximate surface area is 209 Å². The number of halogens is 1. The van der Waals surface area contributed by atoms with Gasteiger partial charge < -0.3 is 20.1 Å². The number of nitrogens with one attached hydrogen (secondary N) is 2. The Hall–Kier alpha value is -3.84.